The topological polar surface area (TPSA) is 49.8 Å². The zero-order valence-corrected chi connectivity index (χ0v) is 12.6. The van der Waals surface area contributed by atoms with Crippen LogP contribution in [0.2, 0.25) is 5.02 Å². The summed E-state index contributed by atoms with van der Waals surface area (Å²) in [6.07, 6.45) is 1.65. The highest BCUT2D eigenvalue weighted by atomic mass is 35.5. The predicted molar refractivity (Wildman–Crippen MR) is 84.4 cm³/mol. The van der Waals surface area contributed by atoms with Crippen LogP contribution in [0.5, 0.6) is 0 Å². The second-order valence-electron chi connectivity index (χ2n) is 5.06. The Hall–Kier alpha value is -2.46. The molecule has 3 rings (SSSR count). The Balaban J connectivity index is 1.80. The molecule has 1 N–H and O–H groups in total. The van der Waals surface area contributed by atoms with Gasteiger partial charge in [-0.25, -0.2) is 4.79 Å². The molecule has 1 aliphatic heterocycles. The van der Waals surface area contributed by atoms with E-state index in [4.69, 9.17) is 21.4 Å². The van der Waals surface area contributed by atoms with Crippen molar-refractivity contribution in [3.05, 3.63) is 76.4 Å². The number of halogens is 1. The van der Waals surface area contributed by atoms with E-state index in [1.54, 1.807) is 24.3 Å². The zero-order chi connectivity index (χ0) is 15.7. The Morgan fingerprint density at radius 3 is 2.36 bits per heavy atom. The van der Waals surface area contributed by atoms with E-state index >= 15 is 0 Å². The number of nitrogens with zero attached hydrogens (tertiary/aromatic N) is 1. The summed E-state index contributed by atoms with van der Waals surface area (Å²) in [5, 5.41) is 9.62. The van der Waals surface area contributed by atoms with Gasteiger partial charge < -0.3 is 14.7 Å². The van der Waals surface area contributed by atoms with Gasteiger partial charge in [0.25, 0.3) is 0 Å². The number of ether oxygens (including phenoxy) is 1. The molecule has 0 spiro atoms. The van der Waals surface area contributed by atoms with Gasteiger partial charge in [0.2, 0.25) is 0 Å². The standard InChI is InChI=1S/C17H14ClNO3/c1-19-10-15(11-6-8-14(18)9-7-11)22-16(19)12-2-4-13(5-3-12)17(20)21/h2-10,16H,1H3,(H,20,21). The number of carboxylic acids is 1. The fourth-order valence-electron chi connectivity index (χ4n) is 2.34. The molecule has 0 aromatic heterocycles. The number of aromatic carboxylic acids is 1. The van der Waals surface area contributed by atoms with Crippen LogP contribution in [0.4, 0.5) is 0 Å². The van der Waals surface area contributed by atoms with Crippen molar-refractivity contribution >= 4 is 23.3 Å². The summed E-state index contributed by atoms with van der Waals surface area (Å²) in [5.41, 5.74) is 2.10. The van der Waals surface area contributed by atoms with E-state index in [0.29, 0.717) is 5.02 Å². The summed E-state index contributed by atoms with van der Waals surface area (Å²) in [4.78, 5) is 12.8. The number of carbonyl (C=O) groups is 1. The first-order valence-electron chi connectivity index (χ1n) is 6.74. The van der Waals surface area contributed by atoms with Crippen LogP contribution in [-0.4, -0.2) is 23.0 Å². The lowest BCUT2D eigenvalue weighted by atomic mass is 10.1. The first-order valence-corrected chi connectivity index (χ1v) is 7.12. The molecule has 2 aromatic rings. The lowest BCUT2D eigenvalue weighted by Gasteiger charge is -2.20. The third kappa shape index (κ3) is 2.78. The fraction of sp³-hybridized carbons (Fsp3) is 0.118. The molecule has 4 nitrogen and oxygen atoms in total. The van der Waals surface area contributed by atoms with Crippen molar-refractivity contribution in [3.63, 3.8) is 0 Å². The van der Waals surface area contributed by atoms with Gasteiger partial charge in [-0.15, -0.1) is 0 Å². The van der Waals surface area contributed by atoms with Crippen molar-refractivity contribution in [3.8, 4) is 0 Å². The van der Waals surface area contributed by atoms with Crippen molar-refractivity contribution in [1.82, 2.24) is 4.90 Å². The van der Waals surface area contributed by atoms with Gasteiger partial charge >= 0.3 is 5.97 Å². The molecule has 0 bridgehead atoms. The number of rotatable bonds is 3. The third-order valence-corrected chi connectivity index (χ3v) is 3.75. The van der Waals surface area contributed by atoms with E-state index in [0.717, 1.165) is 16.9 Å². The van der Waals surface area contributed by atoms with Gasteiger partial charge in [0, 0.05) is 29.4 Å². The van der Waals surface area contributed by atoms with E-state index in [-0.39, 0.29) is 11.8 Å². The minimum Gasteiger partial charge on any atom is -0.478 e. The quantitative estimate of drug-likeness (QED) is 0.930. The van der Waals surface area contributed by atoms with Crippen LogP contribution in [0, 0.1) is 0 Å². The molecule has 112 valence electrons. The summed E-state index contributed by atoms with van der Waals surface area (Å²) in [5.74, 6) is -0.182. The lowest BCUT2D eigenvalue weighted by Crippen LogP contribution is -2.15. The van der Waals surface area contributed by atoms with E-state index in [9.17, 15) is 4.79 Å². The van der Waals surface area contributed by atoms with Crippen LogP contribution in [-0.2, 0) is 4.74 Å². The highest BCUT2D eigenvalue weighted by molar-refractivity contribution is 6.30. The Morgan fingerprint density at radius 1 is 1.14 bits per heavy atom. The maximum absolute atomic E-state index is 10.9. The molecule has 1 aliphatic rings. The Labute approximate surface area is 133 Å². The smallest absolute Gasteiger partial charge is 0.335 e. The minimum absolute atomic E-state index is 0.260. The molecule has 0 aliphatic carbocycles. The average Bonchev–Trinajstić information content (AvgIpc) is 2.90. The summed E-state index contributed by atoms with van der Waals surface area (Å²) < 4.78 is 5.98. The SMILES string of the molecule is CN1C=C(c2ccc(Cl)cc2)OC1c1ccc(C(=O)O)cc1. The molecule has 2 aromatic carbocycles. The van der Waals surface area contributed by atoms with Gasteiger partial charge in [0.1, 0.15) is 5.76 Å². The second kappa shape index (κ2) is 5.73. The third-order valence-electron chi connectivity index (χ3n) is 3.50. The summed E-state index contributed by atoms with van der Waals surface area (Å²) >= 11 is 5.89. The average molecular weight is 316 g/mol. The minimum atomic E-state index is -0.938. The number of carboxylic acid groups (broad SMARTS) is 1. The molecule has 0 radical (unpaired) electrons. The van der Waals surface area contributed by atoms with E-state index < -0.39 is 5.97 Å². The maximum atomic E-state index is 10.9. The number of hydrogen-bond acceptors (Lipinski definition) is 3. The monoisotopic (exact) mass is 315 g/mol. The van der Waals surface area contributed by atoms with Crippen molar-refractivity contribution in [2.75, 3.05) is 7.05 Å². The zero-order valence-electron chi connectivity index (χ0n) is 11.9. The number of benzene rings is 2. The summed E-state index contributed by atoms with van der Waals surface area (Å²) in [6, 6.07) is 14.1. The molecule has 0 amide bonds. The largest absolute Gasteiger partial charge is 0.478 e. The Morgan fingerprint density at radius 2 is 1.77 bits per heavy atom. The molecule has 0 fully saturated rings. The summed E-state index contributed by atoms with van der Waals surface area (Å²) in [6.45, 7) is 0. The second-order valence-corrected chi connectivity index (χ2v) is 5.50. The lowest BCUT2D eigenvalue weighted by molar-refractivity contribution is 0.0695. The van der Waals surface area contributed by atoms with Gasteiger partial charge in [0.05, 0.1) is 5.56 Å². The van der Waals surface area contributed by atoms with Gasteiger partial charge in [-0.3, -0.25) is 0 Å². The van der Waals surface area contributed by atoms with E-state index in [2.05, 4.69) is 0 Å². The van der Waals surface area contributed by atoms with E-state index in [1.165, 1.54) is 0 Å². The molecule has 1 heterocycles. The van der Waals surface area contributed by atoms with Crippen LogP contribution in [0.15, 0.2) is 54.7 Å². The first kappa shape index (κ1) is 14.5. The number of hydrogen-bond donors (Lipinski definition) is 1. The molecular weight excluding hydrogens is 302 g/mol. The molecule has 22 heavy (non-hydrogen) atoms. The van der Waals surface area contributed by atoms with Crippen molar-refractivity contribution in [2.45, 2.75) is 6.23 Å². The van der Waals surface area contributed by atoms with Gasteiger partial charge in [-0.2, -0.15) is 0 Å². The molecule has 5 heteroatoms. The van der Waals surface area contributed by atoms with Crippen LogP contribution in [0.25, 0.3) is 5.76 Å². The summed E-state index contributed by atoms with van der Waals surface area (Å²) in [7, 11) is 1.92. The normalized spacial score (nSPS) is 17.1. The van der Waals surface area contributed by atoms with Crippen molar-refractivity contribution in [1.29, 1.82) is 0 Å². The van der Waals surface area contributed by atoms with Crippen molar-refractivity contribution < 1.29 is 14.6 Å². The Bertz CT molecular complexity index is 723. The molecule has 0 saturated carbocycles. The van der Waals surface area contributed by atoms with Crippen LogP contribution in [0.3, 0.4) is 0 Å². The molecule has 1 unspecified atom stereocenters. The van der Waals surface area contributed by atoms with Gasteiger partial charge in [0.15, 0.2) is 6.23 Å². The molecule has 0 saturated heterocycles. The van der Waals surface area contributed by atoms with Gasteiger partial charge in [-0.05, 0) is 36.4 Å². The molecular formula is C17H14ClNO3. The van der Waals surface area contributed by atoms with Crippen LogP contribution >= 0.6 is 11.6 Å². The maximum Gasteiger partial charge on any atom is 0.335 e. The van der Waals surface area contributed by atoms with E-state index in [1.807, 2.05) is 42.4 Å². The molecule has 1 atom stereocenters. The first-order chi connectivity index (χ1) is 10.5. The van der Waals surface area contributed by atoms with Crippen LogP contribution < -0.4 is 0 Å². The predicted octanol–water partition coefficient (Wildman–Crippen LogP) is 4.00. The van der Waals surface area contributed by atoms with Crippen molar-refractivity contribution in [2.24, 2.45) is 0 Å². The van der Waals surface area contributed by atoms with Crippen LogP contribution in [0.1, 0.15) is 27.7 Å². The highest BCUT2D eigenvalue weighted by Crippen LogP contribution is 2.35. The Kier molecular flexibility index (Phi) is 3.77. The fourth-order valence-corrected chi connectivity index (χ4v) is 2.46. The highest BCUT2D eigenvalue weighted by Gasteiger charge is 2.25. The van der Waals surface area contributed by atoms with Gasteiger partial charge in [-0.1, -0.05) is 23.7 Å².